The highest BCUT2D eigenvalue weighted by molar-refractivity contribution is 5.75. The zero-order chi connectivity index (χ0) is 14.1. The highest BCUT2D eigenvalue weighted by Crippen LogP contribution is 2.16. The van der Waals surface area contributed by atoms with Gasteiger partial charge in [-0.1, -0.05) is 32.4 Å². The minimum atomic E-state index is -0.513. The number of benzene rings is 1. The first-order valence-electron chi connectivity index (χ1n) is 7.13. The molecule has 106 valence electrons. The SMILES string of the molecule is CCCCc1ccc(OC(CC)C(=O)OCC)cc1. The summed E-state index contributed by atoms with van der Waals surface area (Å²) in [5.74, 6) is 0.431. The summed E-state index contributed by atoms with van der Waals surface area (Å²) in [7, 11) is 0. The van der Waals surface area contributed by atoms with E-state index < -0.39 is 6.10 Å². The molecular formula is C16H24O3. The number of carbonyl (C=O) groups excluding carboxylic acids is 1. The predicted molar refractivity (Wildman–Crippen MR) is 76.4 cm³/mol. The van der Waals surface area contributed by atoms with Crippen LogP contribution in [0, 0.1) is 0 Å². The van der Waals surface area contributed by atoms with Crippen LogP contribution in [0.25, 0.3) is 0 Å². The van der Waals surface area contributed by atoms with Crippen molar-refractivity contribution >= 4 is 5.97 Å². The molecule has 0 bridgehead atoms. The van der Waals surface area contributed by atoms with Crippen molar-refractivity contribution in [3.63, 3.8) is 0 Å². The van der Waals surface area contributed by atoms with Crippen molar-refractivity contribution in [2.24, 2.45) is 0 Å². The smallest absolute Gasteiger partial charge is 0.347 e. The minimum Gasteiger partial charge on any atom is -0.479 e. The lowest BCUT2D eigenvalue weighted by atomic mass is 10.1. The number of unbranched alkanes of at least 4 members (excludes halogenated alkanes) is 1. The Morgan fingerprint density at radius 2 is 1.84 bits per heavy atom. The lowest BCUT2D eigenvalue weighted by molar-refractivity contribution is -0.151. The Balaban J connectivity index is 2.57. The Kier molecular flexibility index (Phi) is 7.01. The Bertz CT molecular complexity index is 370. The molecule has 0 saturated heterocycles. The summed E-state index contributed by atoms with van der Waals surface area (Å²) in [6.45, 7) is 6.28. The highest BCUT2D eigenvalue weighted by atomic mass is 16.6. The summed E-state index contributed by atoms with van der Waals surface area (Å²) in [6, 6.07) is 7.96. The van der Waals surface area contributed by atoms with Gasteiger partial charge in [0, 0.05) is 0 Å². The number of rotatable bonds is 8. The van der Waals surface area contributed by atoms with Crippen LogP contribution in [-0.2, 0) is 16.0 Å². The van der Waals surface area contributed by atoms with Gasteiger partial charge in [-0.15, -0.1) is 0 Å². The van der Waals surface area contributed by atoms with E-state index in [2.05, 4.69) is 19.1 Å². The molecule has 19 heavy (non-hydrogen) atoms. The Labute approximate surface area is 115 Å². The van der Waals surface area contributed by atoms with Crippen LogP contribution in [0.5, 0.6) is 5.75 Å². The molecule has 0 aromatic heterocycles. The second-order valence-electron chi connectivity index (χ2n) is 4.51. The number of hydrogen-bond donors (Lipinski definition) is 0. The van der Waals surface area contributed by atoms with E-state index in [9.17, 15) is 4.79 Å². The van der Waals surface area contributed by atoms with Crippen LogP contribution in [0.15, 0.2) is 24.3 Å². The van der Waals surface area contributed by atoms with E-state index in [-0.39, 0.29) is 5.97 Å². The second kappa shape index (κ2) is 8.57. The van der Waals surface area contributed by atoms with Gasteiger partial charge in [0.15, 0.2) is 6.10 Å². The van der Waals surface area contributed by atoms with E-state index in [1.807, 2.05) is 19.1 Å². The van der Waals surface area contributed by atoms with Crippen molar-refractivity contribution in [1.82, 2.24) is 0 Å². The molecule has 0 fully saturated rings. The van der Waals surface area contributed by atoms with Gasteiger partial charge in [0.2, 0.25) is 0 Å². The maximum Gasteiger partial charge on any atom is 0.347 e. The fourth-order valence-corrected chi connectivity index (χ4v) is 1.81. The molecule has 0 radical (unpaired) electrons. The van der Waals surface area contributed by atoms with Crippen molar-refractivity contribution in [3.8, 4) is 5.75 Å². The average molecular weight is 264 g/mol. The first-order chi connectivity index (χ1) is 9.21. The van der Waals surface area contributed by atoms with Crippen molar-refractivity contribution < 1.29 is 14.3 Å². The average Bonchev–Trinajstić information content (AvgIpc) is 2.44. The molecule has 0 amide bonds. The molecule has 3 nitrogen and oxygen atoms in total. The summed E-state index contributed by atoms with van der Waals surface area (Å²) in [5, 5.41) is 0. The molecule has 0 N–H and O–H groups in total. The van der Waals surface area contributed by atoms with Crippen molar-refractivity contribution in [2.45, 2.75) is 52.6 Å². The Hall–Kier alpha value is -1.51. The van der Waals surface area contributed by atoms with Gasteiger partial charge in [0.25, 0.3) is 0 Å². The third kappa shape index (κ3) is 5.33. The molecule has 3 heteroatoms. The van der Waals surface area contributed by atoms with Crippen molar-refractivity contribution in [2.75, 3.05) is 6.61 Å². The quantitative estimate of drug-likeness (QED) is 0.671. The van der Waals surface area contributed by atoms with E-state index in [1.165, 1.54) is 18.4 Å². The van der Waals surface area contributed by atoms with Crippen LogP contribution in [-0.4, -0.2) is 18.7 Å². The van der Waals surface area contributed by atoms with E-state index in [4.69, 9.17) is 9.47 Å². The largest absolute Gasteiger partial charge is 0.479 e. The van der Waals surface area contributed by atoms with Crippen LogP contribution in [0.2, 0.25) is 0 Å². The maximum atomic E-state index is 11.6. The third-order valence-corrected chi connectivity index (χ3v) is 2.94. The molecule has 0 aliphatic rings. The topological polar surface area (TPSA) is 35.5 Å². The van der Waals surface area contributed by atoms with Gasteiger partial charge in [0.1, 0.15) is 5.75 Å². The summed E-state index contributed by atoms with van der Waals surface area (Å²) >= 11 is 0. The van der Waals surface area contributed by atoms with Crippen LogP contribution in [0.3, 0.4) is 0 Å². The number of carbonyl (C=O) groups is 1. The van der Waals surface area contributed by atoms with E-state index in [0.717, 1.165) is 12.2 Å². The monoisotopic (exact) mass is 264 g/mol. The van der Waals surface area contributed by atoms with E-state index in [0.29, 0.717) is 13.0 Å². The molecule has 1 aromatic carbocycles. The molecule has 0 heterocycles. The van der Waals surface area contributed by atoms with Crippen molar-refractivity contribution in [1.29, 1.82) is 0 Å². The van der Waals surface area contributed by atoms with E-state index >= 15 is 0 Å². The lowest BCUT2D eigenvalue weighted by Crippen LogP contribution is -2.28. The molecule has 0 aliphatic carbocycles. The Morgan fingerprint density at radius 1 is 1.16 bits per heavy atom. The number of aryl methyl sites for hydroxylation is 1. The van der Waals surface area contributed by atoms with Crippen LogP contribution < -0.4 is 4.74 Å². The molecule has 0 spiro atoms. The molecular weight excluding hydrogens is 240 g/mol. The minimum absolute atomic E-state index is 0.292. The van der Waals surface area contributed by atoms with Gasteiger partial charge in [-0.05, 0) is 43.9 Å². The zero-order valence-corrected chi connectivity index (χ0v) is 12.1. The van der Waals surface area contributed by atoms with Gasteiger partial charge in [-0.3, -0.25) is 0 Å². The second-order valence-corrected chi connectivity index (χ2v) is 4.51. The lowest BCUT2D eigenvalue weighted by Gasteiger charge is -2.16. The normalized spacial score (nSPS) is 11.9. The summed E-state index contributed by atoms with van der Waals surface area (Å²) in [4.78, 5) is 11.6. The number of hydrogen-bond acceptors (Lipinski definition) is 3. The number of ether oxygens (including phenoxy) is 2. The molecule has 1 atom stereocenters. The molecule has 1 rings (SSSR count). The molecule has 0 saturated carbocycles. The van der Waals surface area contributed by atoms with Gasteiger partial charge < -0.3 is 9.47 Å². The third-order valence-electron chi connectivity index (χ3n) is 2.94. The number of esters is 1. The fourth-order valence-electron chi connectivity index (χ4n) is 1.81. The maximum absolute atomic E-state index is 11.6. The molecule has 0 aliphatic heterocycles. The summed E-state index contributed by atoms with van der Waals surface area (Å²) in [6.07, 6.45) is 3.57. The van der Waals surface area contributed by atoms with Crippen LogP contribution >= 0.6 is 0 Å². The zero-order valence-electron chi connectivity index (χ0n) is 12.1. The predicted octanol–water partition coefficient (Wildman–Crippen LogP) is 3.75. The summed E-state index contributed by atoms with van der Waals surface area (Å²) < 4.78 is 10.6. The van der Waals surface area contributed by atoms with Gasteiger partial charge in [-0.2, -0.15) is 0 Å². The summed E-state index contributed by atoms with van der Waals surface area (Å²) in [5.41, 5.74) is 1.30. The van der Waals surface area contributed by atoms with Gasteiger partial charge in [-0.25, -0.2) is 4.79 Å². The van der Waals surface area contributed by atoms with Gasteiger partial charge in [0.05, 0.1) is 6.61 Å². The molecule has 1 aromatic rings. The van der Waals surface area contributed by atoms with Gasteiger partial charge >= 0.3 is 5.97 Å². The highest BCUT2D eigenvalue weighted by Gasteiger charge is 2.19. The van der Waals surface area contributed by atoms with E-state index in [1.54, 1.807) is 6.92 Å². The Morgan fingerprint density at radius 3 is 2.37 bits per heavy atom. The van der Waals surface area contributed by atoms with Crippen molar-refractivity contribution in [3.05, 3.63) is 29.8 Å². The first kappa shape index (κ1) is 15.5. The fraction of sp³-hybridized carbons (Fsp3) is 0.562. The molecule has 1 unspecified atom stereocenters. The van der Waals surface area contributed by atoms with Crippen LogP contribution in [0.4, 0.5) is 0 Å². The standard InChI is InChI=1S/C16H24O3/c1-4-7-8-13-9-11-14(12-10-13)19-15(5-2)16(17)18-6-3/h9-12,15H,4-8H2,1-3H3. The van der Waals surface area contributed by atoms with Crippen LogP contribution in [0.1, 0.15) is 45.6 Å². The first-order valence-corrected chi connectivity index (χ1v) is 7.13.